The molecule has 3 rings (SSSR count). The molecular weight excluding hydrogens is 454 g/mol. The van der Waals surface area contributed by atoms with E-state index in [1.807, 2.05) is 4.90 Å². The molecule has 2 aliphatic rings. The number of rotatable bonds is 7. The molecular formula is C22H32ClN3O5S. The Morgan fingerprint density at radius 1 is 1.19 bits per heavy atom. The number of hydrogen-bond donors (Lipinski definition) is 1. The first-order valence-electron chi connectivity index (χ1n) is 11.2. The van der Waals surface area contributed by atoms with Gasteiger partial charge in [-0.05, 0) is 64.3 Å². The van der Waals surface area contributed by atoms with Crippen molar-refractivity contribution in [3.63, 3.8) is 0 Å². The molecule has 2 unspecified atom stereocenters. The maximum Gasteiger partial charge on any atom is 0.310 e. The zero-order valence-electron chi connectivity index (χ0n) is 18.7. The van der Waals surface area contributed by atoms with E-state index in [1.54, 1.807) is 13.8 Å². The summed E-state index contributed by atoms with van der Waals surface area (Å²) in [6.07, 6.45) is 4.25. The maximum atomic E-state index is 13.0. The van der Waals surface area contributed by atoms with Crippen LogP contribution in [0.5, 0.6) is 0 Å². The number of nitrogens with one attached hydrogen (secondary N) is 1. The van der Waals surface area contributed by atoms with Gasteiger partial charge in [-0.25, -0.2) is 8.42 Å². The lowest BCUT2D eigenvalue weighted by atomic mass is 9.97. The van der Waals surface area contributed by atoms with Gasteiger partial charge in [0.2, 0.25) is 15.9 Å². The van der Waals surface area contributed by atoms with Crippen LogP contribution in [0.1, 0.15) is 46.0 Å². The minimum Gasteiger partial charge on any atom is -0.466 e. The number of hydrogen-bond acceptors (Lipinski definition) is 6. The highest BCUT2D eigenvalue weighted by Gasteiger charge is 2.32. The van der Waals surface area contributed by atoms with Gasteiger partial charge in [-0.2, -0.15) is 4.31 Å². The molecule has 1 amide bonds. The number of carbonyl (C=O) groups is 2. The summed E-state index contributed by atoms with van der Waals surface area (Å²) >= 11 is 6.27. The highest BCUT2D eigenvalue weighted by molar-refractivity contribution is 7.89. The molecule has 0 radical (unpaired) electrons. The van der Waals surface area contributed by atoms with Crippen LogP contribution < -0.4 is 5.32 Å². The van der Waals surface area contributed by atoms with Crippen molar-refractivity contribution in [2.75, 3.05) is 38.1 Å². The van der Waals surface area contributed by atoms with Crippen molar-refractivity contribution in [2.45, 2.75) is 56.9 Å². The summed E-state index contributed by atoms with van der Waals surface area (Å²) in [5.74, 6) is -0.784. The Morgan fingerprint density at radius 2 is 1.91 bits per heavy atom. The number of likely N-dealkylation sites (tertiary alicyclic amines) is 1. The number of carbonyl (C=O) groups excluding carboxylic acids is 2. The second-order valence-electron chi connectivity index (χ2n) is 8.36. The number of nitrogens with zero attached hydrogens (tertiary/aromatic N) is 2. The van der Waals surface area contributed by atoms with Crippen LogP contribution in [0.3, 0.4) is 0 Å². The first kappa shape index (κ1) is 25.0. The van der Waals surface area contributed by atoms with Crippen molar-refractivity contribution < 1.29 is 22.7 Å². The Hall–Kier alpha value is -1.68. The highest BCUT2D eigenvalue weighted by Crippen LogP contribution is 2.29. The standard InChI is InChI=1S/C22H32ClN3O5S/c1-3-31-22(28)17-8-7-11-25(15-17)16(2)21(27)24-20-14-18(9-10-19(20)23)32(29,30)26-12-5-4-6-13-26/h9-10,14,16-17H,3-8,11-13,15H2,1-2H3,(H,24,27). The van der Waals surface area contributed by atoms with Crippen molar-refractivity contribution in [3.05, 3.63) is 23.2 Å². The quantitative estimate of drug-likeness (QED) is 0.596. The van der Waals surface area contributed by atoms with Gasteiger partial charge in [0, 0.05) is 19.6 Å². The molecule has 2 saturated heterocycles. The molecule has 0 spiro atoms. The molecule has 0 aliphatic carbocycles. The average molecular weight is 486 g/mol. The average Bonchev–Trinajstić information content (AvgIpc) is 2.80. The fraction of sp³-hybridized carbons (Fsp3) is 0.636. The lowest BCUT2D eigenvalue weighted by molar-refractivity contribution is -0.150. The molecule has 1 N–H and O–H groups in total. The molecule has 1 aromatic carbocycles. The molecule has 32 heavy (non-hydrogen) atoms. The van der Waals surface area contributed by atoms with Gasteiger partial charge in [-0.1, -0.05) is 18.0 Å². The number of halogens is 1. The van der Waals surface area contributed by atoms with E-state index in [-0.39, 0.29) is 33.4 Å². The lowest BCUT2D eigenvalue weighted by Crippen LogP contribution is -2.48. The van der Waals surface area contributed by atoms with Gasteiger partial charge >= 0.3 is 5.97 Å². The molecule has 0 saturated carbocycles. The number of amides is 1. The Morgan fingerprint density at radius 3 is 2.59 bits per heavy atom. The van der Waals surface area contributed by atoms with Crippen molar-refractivity contribution >= 4 is 39.2 Å². The Kier molecular flexibility index (Phi) is 8.55. The van der Waals surface area contributed by atoms with Gasteiger partial charge in [-0.15, -0.1) is 0 Å². The second-order valence-corrected chi connectivity index (χ2v) is 10.7. The van der Waals surface area contributed by atoms with Crippen LogP contribution in [0.4, 0.5) is 5.69 Å². The van der Waals surface area contributed by atoms with E-state index >= 15 is 0 Å². The van der Waals surface area contributed by atoms with Crippen molar-refractivity contribution in [1.82, 2.24) is 9.21 Å². The largest absolute Gasteiger partial charge is 0.466 e. The minimum atomic E-state index is -3.64. The third-order valence-electron chi connectivity index (χ3n) is 6.15. The normalized spacial score (nSPS) is 21.7. The summed E-state index contributed by atoms with van der Waals surface area (Å²) in [5, 5.41) is 3.05. The zero-order chi connectivity index (χ0) is 23.3. The molecule has 2 atom stereocenters. The van der Waals surface area contributed by atoms with Gasteiger partial charge in [0.05, 0.1) is 34.2 Å². The Labute approximate surface area is 195 Å². The summed E-state index contributed by atoms with van der Waals surface area (Å²) in [7, 11) is -3.64. The molecule has 2 heterocycles. The highest BCUT2D eigenvalue weighted by atomic mass is 35.5. The number of anilines is 1. The van der Waals surface area contributed by atoms with Crippen LogP contribution in [0.15, 0.2) is 23.1 Å². The maximum absolute atomic E-state index is 13.0. The SMILES string of the molecule is CCOC(=O)C1CCCN(C(C)C(=O)Nc2cc(S(=O)(=O)N3CCCCC3)ccc2Cl)C1. The summed E-state index contributed by atoms with van der Waals surface area (Å²) in [4.78, 5) is 27.1. The van der Waals surface area contributed by atoms with E-state index in [4.69, 9.17) is 16.3 Å². The van der Waals surface area contributed by atoms with Crippen LogP contribution >= 0.6 is 11.6 Å². The zero-order valence-corrected chi connectivity index (χ0v) is 20.3. The van der Waals surface area contributed by atoms with Crippen LogP contribution in [0, 0.1) is 5.92 Å². The van der Waals surface area contributed by atoms with E-state index in [9.17, 15) is 18.0 Å². The van der Waals surface area contributed by atoms with E-state index in [1.165, 1.54) is 22.5 Å². The first-order chi connectivity index (χ1) is 15.2. The second kappa shape index (κ2) is 11.0. The molecule has 0 bridgehead atoms. The molecule has 2 fully saturated rings. The van der Waals surface area contributed by atoms with Crippen LogP contribution in [0.2, 0.25) is 5.02 Å². The summed E-state index contributed by atoms with van der Waals surface area (Å²) in [6.45, 7) is 6.02. The lowest BCUT2D eigenvalue weighted by Gasteiger charge is -2.35. The van der Waals surface area contributed by atoms with Crippen LogP contribution in [-0.2, 0) is 24.3 Å². The van der Waals surface area contributed by atoms with Crippen molar-refractivity contribution in [3.8, 4) is 0 Å². The van der Waals surface area contributed by atoms with Gasteiger partial charge in [0.15, 0.2) is 0 Å². The fourth-order valence-electron chi connectivity index (χ4n) is 4.23. The monoisotopic (exact) mass is 485 g/mol. The summed E-state index contributed by atoms with van der Waals surface area (Å²) < 4.78 is 32.6. The number of benzene rings is 1. The fourth-order valence-corrected chi connectivity index (χ4v) is 5.94. The molecule has 2 aliphatic heterocycles. The minimum absolute atomic E-state index is 0.118. The van der Waals surface area contributed by atoms with E-state index < -0.39 is 16.1 Å². The number of sulfonamides is 1. The van der Waals surface area contributed by atoms with Gasteiger partial charge < -0.3 is 10.1 Å². The topological polar surface area (TPSA) is 96.0 Å². The van der Waals surface area contributed by atoms with E-state index in [0.29, 0.717) is 32.8 Å². The number of ether oxygens (including phenoxy) is 1. The predicted octanol–water partition coefficient (Wildman–Crippen LogP) is 3.12. The predicted molar refractivity (Wildman–Crippen MR) is 123 cm³/mol. The van der Waals surface area contributed by atoms with Crippen molar-refractivity contribution in [2.24, 2.45) is 5.92 Å². The van der Waals surface area contributed by atoms with Gasteiger partial charge in [-0.3, -0.25) is 14.5 Å². The third kappa shape index (κ3) is 5.81. The molecule has 1 aromatic rings. The van der Waals surface area contributed by atoms with E-state index in [0.717, 1.165) is 32.1 Å². The molecule has 0 aromatic heterocycles. The van der Waals surface area contributed by atoms with Crippen LogP contribution in [-0.4, -0.2) is 68.3 Å². The number of esters is 1. The number of piperidine rings is 2. The van der Waals surface area contributed by atoms with Gasteiger partial charge in [0.1, 0.15) is 0 Å². The van der Waals surface area contributed by atoms with E-state index in [2.05, 4.69) is 5.32 Å². The smallest absolute Gasteiger partial charge is 0.310 e. The summed E-state index contributed by atoms with van der Waals surface area (Å²) in [6, 6.07) is 3.88. The Bertz CT molecular complexity index is 933. The first-order valence-corrected chi connectivity index (χ1v) is 13.1. The van der Waals surface area contributed by atoms with Crippen molar-refractivity contribution in [1.29, 1.82) is 0 Å². The third-order valence-corrected chi connectivity index (χ3v) is 8.37. The van der Waals surface area contributed by atoms with Gasteiger partial charge in [0.25, 0.3) is 0 Å². The molecule has 178 valence electrons. The van der Waals surface area contributed by atoms with Crippen LogP contribution in [0.25, 0.3) is 0 Å². The Balaban J connectivity index is 1.70. The summed E-state index contributed by atoms with van der Waals surface area (Å²) in [5.41, 5.74) is 0.264. The molecule has 10 heteroatoms. The molecule has 8 nitrogen and oxygen atoms in total.